The fraction of sp³-hybridized carbons (Fsp3) is 0.818. The van der Waals surface area contributed by atoms with Crippen LogP contribution < -0.4 is 0 Å². The summed E-state index contributed by atoms with van der Waals surface area (Å²) in [6.07, 6.45) is 2.52. The van der Waals surface area contributed by atoms with E-state index in [0.29, 0.717) is 19.3 Å². The first-order chi connectivity index (χ1) is 7.72. The van der Waals surface area contributed by atoms with E-state index in [0.717, 1.165) is 12.1 Å². The van der Waals surface area contributed by atoms with Gasteiger partial charge >= 0.3 is 0 Å². The second kappa shape index (κ2) is 6.60. The van der Waals surface area contributed by atoms with E-state index in [4.69, 9.17) is 9.47 Å². The molecule has 92 valence electrons. The van der Waals surface area contributed by atoms with E-state index in [9.17, 15) is 0 Å². The molecule has 0 amide bonds. The van der Waals surface area contributed by atoms with Crippen LogP contribution in [0.1, 0.15) is 52.1 Å². The Hall–Kier alpha value is -0.940. The largest absolute Gasteiger partial charge is 0.347 e. The molecule has 0 aliphatic heterocycles. The molecule has 0 aromatic carbocycles. The Bertz CT molecular complexity index is 295. The number of ether oxygens (including phenoxy) is 2. The summed E-state index contributed by atoms with van der Waals surface area (Å²) >= 11 is 0. The van der Waals surface area contributed by atoms with Crippen LogP contribution in [0.3, 0.4) is 0 Å². The van der Waals surface area contributed by atoms with Gasteiger partial charge in [-0.3, -0.25) is 0 Å². The Labute approximate surface area is 96.7 Å². The van der Waals surface area contributed by atoms with Gasteiger partial charge in [-0.2, -0.15) is 0 Å². The van der Waals surface area contributed by atoms with Gasteiger partial charge in [-0.1, -0.05) is 12.1 Å². The van der Waals surface area contributed by atoms with E-state index in [2.05, 4.69) is 24.2 Å². The summed E-state index contributed by atoms with van der Waals surface area (Å²) in [5, 5.41) is 8.16. The third-order valence-corrected chi connectivity index (χ3v) is 2.45. The molecule has 0 aliphatic carbocycles. The summed E-state index contributed by atoms with van der Waals surface area (Å²) in [4.78, 5) is 0. The average molecular weight is 227 g/mol. The Morgan fingerprint density at radius 3 is 2.38 bits per heavy atom. The molecule has 0 saturated heterocycles. The van der Waals surface area contributed by atoms with Crippen LogP contribution >= 0.6 is 0 Å². The zero-order valence-electron chi connectivity index (χ0n) is 10.5. The predicted molar refractivity (Wildman–Crippen MR) is 61.0 cm³/mol. The standard InChI is InChI=1S/C11H21N3O2/c1-5-9(4)14-8-10(12-13-14)11(15-6-2)16-7-3/h8-9,11H,5-7H2,1-4H3. The minimum atomic E-state index is -0.396. The van der Waals surface area contributed by atoms with Crippen LogP contribution in [-0.4, -0.2) is 28.2 Å². The van der Waals surface area contributed by atoms with Gasteiger partial charge in [0.1, 0.15) is 5.69 Å². The zero-order chi connectivity index (χ0) is 12.0. The highest BCUT2D eigenvalue weighted by atomic mass is 16.7. The highest BCUT2D eigenvalue weighted by molar-refractivity contribution is 4.95. The lowest BCUT2D eigenvalue weighted by Crippen LogP contribution is -2.09. The Morgan fingerprint density at radius 1 is 1.25 bits per heavy atom. The molecular weight excluding hydrogens is 206 g/mol. The van der Waals surface area contributed by atoms with E-state index < -0.39 is 6.29 Å². The molecule has 0 aliphatic rings. The van der Waals surface area contributed by atoms with Gasteiger partial charge in [0.05, 0.1) is 12.2 Å². The molecule has 0 N–H and O–H groups in total. The maximum absolute atomic E-state index is 5.46. The molecule has 1 aromatic heterocycles. The minimum absolute atomic E-state index is 0.352. The van der Waals surface area contributed by atoms with Crippen molar-refractivity contribution in [3.05, 3.63) is 11.9 Å². The van der Waals surface area contributed by atoms with E-state index >= 15 is 0 Å². The van der Waals surface area contributed by atoms with E-state index in [-0.39, 0.29) is 0 Å². The van der Waals surface area contributed by atoms with Crippen LogP contribution in [0.5, 0.6) is 0 Å². The number of hydrogen-bond acceptors (Lipinski definition) is 4. The second-order valence-corrected chi connectivity index (χ2v) is 3.62. The van der Waals surface area contributed by atoms with E-state index in [1.807, 2.05) is 24.7 Å². The van der Waals surface area contributed by atoms with Crippen LogP contribution in [0.25, 0.3) is 0 Å². The number of aromatic nitrogens is 3. The van der Waals surface area contributed by atoms with Gasteiger partial charge in [-0.25, -0.2) is 4.68 Å². The van der Waals surface area contributed by atoms with Crippen molar-refractivity contribution in [3.8, 4) is 0 Å². The SMILES string of the molecule is CCOC(OCC)c1cn(C(C)CC)nn1. The van der Waals surface area contributed by atoms with Crippen molar-refractivity contribution in [2.45, 2.75) is 46.4 Å². The first-order valence-corrected chi connectivity index (χ1v) is 5.87. The topological polar surface area (TPSA) is 49.2 Å². The molecule has 5 heteroatoms. The van der Waals surface area contributed by atoms with Crippen molar-refractivity contribution in [1.82, 2.24) is 15.0 Å². The van der Waals surface area contributed by atoms with Crippen LogP contribution in [0.15, 0.2) is 6.20 Å². The van der Waals surface area contributed by atoms with E-state index in [1.165, 1.54) is 0 Å². The minimum Gasteiger partial charge on any atom is -0.347 e. The van der Waals surface area contributed by atoms with Crippen LogP contribution in [0.2, 0.25) is 0 Å². The van der Waals surface area contributed by atoms with Gasteiger partial charge < -0.3 is 9.47 Å². The molecule has 0 bridgehead atoms. The molecule has 5 nitrogen and oxygen atoms in total. The van der Waals surface area contributed by atoms with Crippen LogP contribution in [0.4, 0.5) is 0 Å². The van der Waals surface area contributed by atoms with Crippen LogP contribution in [0, 0.1) is 0 Å². The Kier molecular flexibility index (Phi) is 5.42. The summed E-state index contributed by atoms with van der Waals surface area (Å²) in [5.74, 6) is 0. The summed E-state index contributed by atoms with van der Waals surface area (Å²) < 4.78 is 12.8. The monoisotopic (exact) mass is 227 g/mol. The lowest BCUT2D eigenvalue weighted by molar-refractivity contribution is -0.142. The Morgan fingerprint density at radius 2 is 1.88 bits per heavy atom. The molecule has 1 unspecified atom stereocenters. The van der Waals surface area contributed by atoms with Gasteiger partial charge in [-0.05, 0) is 27.2 Å². The van der Waals surface area contributed by atoms with Crippen molar-refractivity contribution in [2.75, 3.05) is 13.2 Å². The first kappa shape index (κ1) is 13.1. The van der Waals surface area contributed by atoms with Gasteiger partial charge in [0.15, 0.2) is 0 Å². The molecule has 1 aromatic rings. The molecule has 1 atom stereocenters. The third kappa shape index (κ3) is 3.28. The van der Waals surface area contributed by atoms with Crippen molar-refractivity contribution in [3.63, 3.8) is 0 Å². The van der Waals surface area contributed by atoms with Gasteiger partial charge in [0.25, 0.3) is 0 Å². The molecular formula is C11H21N3O2. The highest BCUT2D eigenvalue weighted by Crippen LogP contribution is 2.18. The molecule has 0 fully saturated rings. The smallest absolute Gasteiger partial charge is 0.204 e. The zero-order valence-corrected chi connectivity index (χ0v) is 10.5. The molecule has 1 rings (SSSR count). The molecule has 1 heterocycles. The second-order valence-electron chi connectivity index (χ2n) is 3.62. The lowest BCUT2D eigenvalue weighted by atomic mass is 10.3. The maximum Gasteiger partial charge on any atom is 0.204 e. The third-order valence-electron chi connectivity index (χ3n) is 2.45. The van der Waals surface area contributed by atoms with Crippen molar-refractivity contribution >= 4 is 0 Å². The fourth-order valence-electron chi connectivity index (χ4n) is 1.32. The van der Waals surface area contributed by atoms with Crippen LogP contribution in [-0.2, 0) is 9.47 Å². The predicted octanol–water partition coefficient (Wildman–Crippen LogP) is 2.32. The molecule has 0 spiro atoms. The number of rotatable bonds is 7. The van der Waals surface area contributed by atoms with Crippen molar-refractivity contribution < 1.29 is 9.47 Å². The van der Waals surface area contributed by atoms with Gasteiger partial charge in [0, 0.05) is 13.2 Å². The van der Waals surface area contributed by atoms with Gasteiger partial charge in [0.2, 0.25) is 6.29 Å². The number of nitrogens with zero attached hydrogens (tertiary/aromatic N) is 3. The normalized spacial score (nSPS) is 13.3. The quantitative estimate of drug-likeness (QED) is 0.671. The molecule has 0 saturated carbocycles. The first-order valence-electron chi connectivity index (χ1n) is 5.87. The fourth-order valence-corrected chi connectivity index (χ4v) is 1.32. The maximum atomic E-state index is 5.46. The average Bonchev–Trinajstić information content (AvgIpc) is 2.77. The summed E-state index contributed by atoms with van der Waals surface area (Å²) in [6, 6.07) is 0.352. The van der Waals surface area contributed by atoms with E-state index in [1.54, 1.807) is 0 Å². The highest BCUT2D eigenvalue weighted by Gasteiger charge is 2.16. The lowest BCUT2D eigenvalue weighted by Gasteiger charge is -2.13. The number of hydrogen-bond donors (Lipinski definition) is 0. The Balaban J connectivity index is 2.72. The van der Waals surface area contributed by atoms with Gasteiger partial charge in [-0.15, -0.1) is 5.10 Å². The van der Waals surface area contributed by atoms with Crippen molar-refractivity contribution in [2.24, 2.45) is 0 Å². The summed E-state index contributed by atoms with van der Waals surface area (Å²) in [6.45, 7) is 9.29. The summed E-state index contributed by atoms with van der Waals surface area (Å²) in [7, 11) is 0. The summed E-state index contributed by atoms with van der Waals surface area (Å²) in [5.41, 5.74) is 0.740. The van der Waals surface area contributed by atoms with Crippen molar-refractivity contribution in [1.29, 1.82) is 0 Å². The molecule has 16 heavy (non-hydrogen) atoms. The molecule has 0 radical (unpaired) electrons.